The Balaban J connectivity index is 1.99. The number of rotatable bonds is 1. The quantitative estimate of drug-likeness (QED) is 0.810. The lowest BCUT2D eigenvalue weighted by Gasteiger charge is -2.37. The number of carbonyl (C=O) groups excluding carboxylic acids is 1. The number of amides is 1. The summed E-state index contributed by atoms with van der Waals surface area (Å²) >= 11 is 6.22. The Morgan fingerprint density at radius 3 is 2.38 bits per heavy atom. The van der Waals surface area contributed by atoms with E-state index in [9.17, 15) is 4.79 Å². The first-order valence-electron chi connectivity index (χ1n) is 7.05. The third kappa shape index (κ3) is 3.94. The molecule has 5 nitrogen and oxygen atoms in total. The predicted molar refractivity (Wildman–Crippen MR) is 85.9 cm³/mol. The Morgan fingerprint density at radius 2 is 1.86 bits per heavy atom. The number of nitrogens with two attached hydrogens (primary N) is 1. The molecule has 0 bridgehead atoms. The molecule has 1 aliphatic heterocycles. The van der Waals surface area contributed by atoms with Crippen molar-refractivity contribution in [2.75, 3.05) is 36.8 Å². The van der Waals surface area contributed by atoms with Crippen LogP contribution in [0.2, 0.25) is 5.02 Å². The second-order valence-corrected chi connectivity index (χ2v) is 6.54. The Kier molecular flexibility index (Phi) is 4.52. The van der Waals surface area contributed by atoms with Crippen LogP contribution in [-0.2, 0) is 4.74 Å². The lowest BCUT2D eigenvalue weighted by molar-refractivity contribution is 0.0241. The maximum Gasteiger partial charge on any atom is 0.410 e. The molecule has 1 saturated heterocycles. The monoisotopic (exact) mass is 311 g/mol. The minimum Gasteiger partial charge on any atom is -0.444 e. The standard InChI is InChI=1S/C15H22ClN3O2/c1-15(2,3)21-14(20)19-9-7-18(8-10-19)13-11(16)5-4-6-12(13)17/h4-6H,7-10,17H2,1-3H3. The summed E-state index contributed by atoms with van der Waals surface area (Å²) in [7, 11) is 0. The molecule has 0 radical (unpaired) electrons. The van der Waals surface area contributed by atoms with Crippen LogP contribution < -0.4 is 10.6 Å². The Morgan fingerprint density at radius 1 is 1.24 bits per heavy atom. The highest BCUT2D eigenvalue weighted by Crippen LogP contribution is 2.32. The van der Waals surface area contributed by atoms with Gasteiger partial charge in [-0.1, -0.05) is 17.7 Å². The van der Waals surface area contributed by atoms with Crippen LogP contribution in [0.1, 0.15) is 20.8 Å². The van der Waals surface area contributed by atoms with Crippen LogP contribution in [-0.4, -0.2) is 42.8 Å². The summed E-state index contributed by atoms with van der Waals surface area (Å²) in [5, 5.41) is 0.640. The number of benzene rings is 1. The van der Waals surface area contributed by atoms with Crippen LogP contribution >= 0.6 is 11.6 Å². The summed E-state index contributed by atoms with van der Waals surface area (Å²) in [6.07, 6.45) is -0.269. The molecule has 1 heterocycles. The molecule has 0 atom stereocenters. The molecule has 21 heavy (non-hydrogen) atoms. The molecule has 0 aromatic heterocycles. The number of para-hydroxylation sites is 1. The number of carbonyl (C=O) groups is 1. The van der Waals surface area contributed by atoms with Crippen LogP contribution in [0.15, 0.2) is 18.2 Å². The third-order valence-electron chi connectivity index (χ3n) is 3.27. The number of anilines is 2. The topological polar surface area (TPSA) is 58.8 Å². The first kappa shape index (κ1) is 15.8. The molecule has 0 saturated carbocycles. The first-order valence-corrected chi connectivity index (χ1v) is 7.42. The van der Waals surface area contributed by atoms with Gasteiger partial charge in [0.15, 0.2) is 0 Å². The fourth-order valence-corrected chi connectivity index (χ4v) is 2.61. The minimum atomic E-state index is -0.471. The lowest BCUT2D eigenvalue weighted by atomic mass is 10.2. The van der Waals surface area contributed by atoms with E-state index in [0.29, 0.717) is 36.9 Å². The van der Waals surface area contributed by atoms with Crippen molar-refractivity contribution in [1.82, 2.24) is 4.90 Å². The lowest BCUT2D eigenvalue weighted by Crippen LogP contribution is -2.50. The smallest absolute Gasteiger partial charge is 0.410 e. The highest BCUT2D eigenvalue weighted by molar-refractivity contribution is 6.34. The number of nitrogen functional groups attached to an aromatic ring is 1. The van der Waals surface area contributed by atoms with E-state index in [1.54, 1.807) is 4.90 Å². The van der Waals surface area contributed by atoms with E-state index in [-0.39, 0.29) is 6.09 Å². The van der Waals surface area contributed by atoms with E-state index >= 15 is 0 Å². The molecule has 1 aromatic rings. The van der Waals surface area contributed by atoms with E-state index < -0.39 is 5.60 Å². The van der Waals surface area contributed by atoms with Crippen LogP contribution in [0.5, 0.6) is 0 Å². The van der Waals surface area contributed by atoms with E-state index in [4.69, 9.17) is 22.1 Å². The third-order valence-corrected chi connectivity index (χ3v) is 3.57. The fraction of sp³-hybridized carbons (Fsp3) is 0.533. The zero-order valence-electron chi connectivity index (χ0n) is 12.7. The number of piperazine rings is 1. The molecular weight excluding hydrogens is 290 g/mol. The molecule has 2 rings (SSSR count). The number of halogens is 1. The summed E-state index contributed by atoms with van der Waals surface area (Å²) in [4.78, 5) is 15.9. The second-order valence-electron chi connectivity index (χ2n) is 6.13. The van der Waals surface area contributed by atoms with E-state index in [1.807, 2.05) is 39.0 Å². The Labute approximate surface area is 130 Å². The molecule has 1 aromatic carbocycles. The van der Waals surface area contributed by atoms with Crippen molar-refractivity contribution < 1.29 is 9.53 Å². The van der Waals surface area contributed by atoms with Gasteiger partial charge in [0.1, 0.15) is 5.60 Å². The Bertz CT molecular complexity index is 500. The molecule has 2 N–H and O–H groups in total. The van der Waals surface area contributed by atoms with Crippen molar-refractivity contribution in [2.45, 2.75) is 26.4 Å². The van der Waals surface area contributed by atoms with Gasteiger partial charge in [0, 0.05) is 26.2 Å². The molecule has 0 aliphatic carbocycles. The fourth-order valence-electron chi connectivity index (χ4n) is 2.30. The zero-order chi connectivity index (χ0) is 15.6. The summed E-state index contributed by atoms with van der Waals surface area (Å²) in [5.74, 6) is 0. The number of hydrogen-bond donors (Lipinski definition) is 1. The van der Waals surface area contributed by atoms with Gasteiger partial charge in [-0.05, 0) is 32.9 Å². The van der Waals surface area contributed by atoms with Crippen LogP contribution in [0, 0.1) is 0 Å². The average Bonchev–Trinajstić information content (AvgIpc) is 2.37. The SMILES string of the molecule is CC(C)(C)OC(=O)N1CCN(c2c(N)cccc2Cl)CC1. The highest BCUT2D eigenvalue weighted by Gasteiger charge is 2.27. The van der Waals surface area contributed by atoms with Gasteiger partial charge >= 0.3 is 6.09 Å². The maximum absolute atomic E-state index is 12.0. The molecule has 1 amide bonds. The summed E-state index contributed by atoms with van der Waals surface area (Å²) in [6, 6.07) is 5.49. The average molecular weight is 312 g/mol. The summed E-state index contributed by atoms with van der Waals surface area (Å²) in [5.41, 5.74) is 7.04. The maximum atomic E-state index is 12.0. The Hall–Kier alpha value is -1.62. The minimum absolute atomic E-state index is 0.269. The van der Waals surface area contributed by atoms with Gasteiger partial charge < -0.3 is 20.3 Å². The highest BCUT2D eigenvalue weighted by atomic mass is 35.5. The van der Waals surface area contributed by atoms with Gasteiger partial charge in [0.2, 0.25) is 0 Å². The first-order chi connectivity index (χ1) is 9.78. The van der Waals surface area contributed by atoms with Crippen LogP contribution in [0.25, 0.3) is 0 Å². The molecule has 1 fully saturated rings. The van der Waals surface area contributed by atoms with E-state index in [0.717, 1.165) is 5.69 Å². The van der Waals surface area contributed by atoms with Gasteiger partial charge in [0.25, 0.3) is 0 Å². The normalized spacial score (nSPS) is 16.0. The van der Waals surface area contributed by atoms with Crippen LogP contribution in [0.3, 0.4) is 0 Å². The molecular formula is C15H22ClN3O2. The second kappa shape index (κ2) is 6.02. The molecule has 1 aliphatic rings. The van der Waals surface area contributed by atoms with Crippen molar-refractivity contribution in [3.05, 3.63) is 23.2 Å². The van der Waals surface area contributed by atoms with Gasteiger partial charge in [-0.25, -0.2) is 4.79 Å². The largest absolute Gasteiger partial charge is 0.444 e. The van der Waals surface area contributed by atoms with Crippen molar-refractivity contribution in [1.29, 1.82) is 0 Å². The molecule has 0 unspecified atom stereocenters. The van der Waals surface area contributed by atoms with Crippen molar-refractivity contribution in [2.24, 2.45) is 0 Å². The molecule has 6 heteroatoms. The van der Waals surface area contributed by atoms with Crippen molar-refractivity contribution in [3.8, 4) is 0 Å². The van der Waals surface area contributed by atoms with Crippen molar-refractivity contribution >= 4 is 29.1 Å². The van der Waals surface area contributed by atoms with Gasteiger partial charge in [0.05, 0.1) is 16.4 Å². The molecule has 0 spiro atoms. The van der Waals surface area contributed by atoms with Gasteiger partial charge in [-0.3, -0.25) is 0 Å². The zero-order valence-corrected chi connectivity index (χ0v) is 13.5. The molecule has 116 valence electrons. The number of hydrogen-bond acceptors (Lipinski definition) is 4. The van der Waals surface area contributed by atoms with Gasteiger partial charge in [-0.2, -0.15) is 0 Å². The van der Waals surface area contributed by atoms with E-state index in [2.05, 4.69) is 4.90 Å². The summed E-state index contributed by atoms with van der Waals surface area (Å²) < 4.78 is 5.38. The van der Waals surface area contributed by atoms with Gasteiger partial charge in [-0.15, -0.1) is 0 Å². The number of nitrogens with zero attached hydrogens (tertiary/aromatic N) is 2. The van der Waals surface area contributed by atoms with Crippen LogP contribution in [0.4, 0.5) is 16.2 Å². The predicted octanol–water partition coefficient (Wildman–Crippen LogP) is 2.98. The summed E-state index contributed by atoms with van der Waals surface area (Å²) in [6.45, 7) is 8.17. The van der Waals surface area contributed by atoms with Crippen molar-refractivity contribution in [3.63, 3.8) is 0 Å². The van der Waals surface area contributed by atoms with E-state index in [1.165, 1.54) is 0 Å². The number of ether oxygens (including phenoxy) is 1.